The molecule has 0 radical (unpaired) electrons. The van der Waals surface area contributed by atoms with Gasteiger partial charge in [-0.05, 0) is 121 Å². The van der Waals surface area contributed by atoms with Crippen LogP contribution < -0.4 is 4.90 Å². The number of hydrogen-bond acceptors (Lipinski definition) is 1. The van der Waals surface area contributed by atoms with Crippen LogP contribution in [0.4, 0.5) is 17.1 Å². The van der Waals surface area contributed by atoms with Crippen LogP contribution in [-0.4, -0.2) is 0 Å². The van der Waals surface area contributed by atoms with Gasteiger partial charge < -0.3 is 4.90 Å². The molecule has 11 rings (SSSR count). The number of fused-ring (bicyclic) bond motifs is 5. The van der Waals surface area contributed by atoms with Crippen LogP contribution in [0, 0.1) is 6.92 Å². The van der Waals surface area contributed by atoms with Gasteiger partial charge in [0.1, 0.15) is 0 Å². The largest absolute Gasteiger partial charge is 0.309 e. The maximum absolute atomic E-state index is 2.51. The normalized spacial score (nSPS) is 12.6. The molecular formula is C58H41N. The third-order valence-electron chi connectivity index (χ3n) is 12.3. The zero-order chi connectivity index (χ0) is 39.3. The zero-order valence-electron chi connectivity index (χ0n) is 32.9. The van der Waals surface area contributed by atoms with E-state index in [1.807, 2.05) is 0 Å². The minimum Gasteiger partial charge on any atom is -0.309 e. The quantitative estimate of drug-likeness (QED) is 0.157. The van der Waals surface area contributed by atoms with Crippen LogP contribution in [0.3, 0.4) is 0 Å². The SMILES string of the molecule is Cc1cccc(N(c2ccc(-c3cc4ccccc4cc3-c3ccccc3)cc2)c2c3c(cc4ccccc24)C(c2ccccc2)(c2ccccc2)c2ccccc2-3)c1. The second-order valence-corrected chi connectivity index (χ2v) is 15.7. The van der Waals surface area contributed by atoms with Crippen LogP contribution in [0.15, 0.2) is 231 Å². The van der Waals surface area contributed by atoms with E-state index in [1.54, 1.807) is 0 Å². The van der Waals surface area contributed by atoms with E-state index in [0.29, 0.717) is 0 Å². The number of aryl methyl sites for hydroxylation is 1. The Labute approximate surface area is 346 Å². The smallest absolute Gasteiger partial charge is 0.0714 e. The van der Waals surface area contributed by atoms with E-state index in [2.05, 4.69) is 242 Å². The van der Waals surface area contributed by atoms with Crippen molar-refractivity contribution < 1.29 is 0 Å². The van der Waals surface area contributed by atoms with E-state index in [1.165, 1.54) is 88.4 Å². The van der Waals surface area contributed by atoms with Crippen LogP contribution in [0.1, 0.15) is 27.8 Å². The summed E-state index contributed by atoms with van der Waals surface area (Å²) in [4.78, 5) is 2.51. The average molecular weight is 752 g/mol. The Morgan fingerprint density at radius 1 is 0.356 bits per heavy atom. The van der Waals surface area contributed by atoms with Crippen molar-refractivity contribution in [3.8, 4) is 33.4 Å². The van der Waals surface area contributed by atoms with Crippen LogP contribution in [0.25, 0.3) is 54.9 Å². The monoisotopic (exact) mass is 751 g/mol. The fraction of sp³-hybridized carbons (Fsp3) is 0.0345. The number of hydrogen-bond donors (Lipinski definition) is 0. The highest BCUT2D eigenvalue weighted by atomic mass is 15.1. The molecule has 1 heteroatoms. The first kappa shape index (κ1) is 34.7. The molecule has 0 N–H and O–H groups in total. The molecular weight excluding hydrogens is 711 g/mol. The van der Waals surface area contributed by atoms with Crippen molar-refractivity contribution >= 4 is 38.6 Å². The summed E-state index contributed by atoms with van der Waals surface area (Å²) in [5.74, 6) is 0. The average Bonchev–Trinajstić information content (AvgIpc) is 3.60. The van der Waals surface area contributed by atoms with E-state index in [0.717, 1.165) is 11.4 Å². The molecule has 0 amide bonds. The maximum atomic E-state index is 2.51. The molecule has 0 saturated carbocycles. The van der Waals surface area contributed by atoms with Crippen molar-refractivity contribution in [2.45, 2.75) is 12.3 Å². The van der Waals surface area contributed by atoms with E-state index in [9.17, 15) is 0 Å². The van der Waals surface area contributed by atoms with Crippen molar-refractivity contribution in [3.63, 3.8) is 0 Å². The molecule has 0 spiro atoms. The molecule has 0 unspecified atom stereocenters. The molecule has 0 fully saturated rings. The van der Waals surface area contributed by atoms with Gasteiger partial charge in [-0.1, -0.05) is 188 Å². The van der Waals surface area contributed by atoms with E-state index < -0.39 is 5.41 Å². The first-order valence-electron chi connectivity index (χ1n) is 20.5. The molecule has 0 aliphatic heterocycles. The molecule has 59 heavy (non-hydrogen) atoms. The summed E-state index contributed by atoms with van der Waals surface area (Å²) in [6.45, 7) is 2.19. The van der Waals surface area contributed by atoms with Gasteiger partial charge in [0.15, 0.2) is 0 Å². The topological polar surface area (TPSA) is 3.24 Å². The summed E-state index contributed by atoms with van der Waals surface area (Å²) >= 11 is 0. The molecule has 1 aliphatic rings. The molecule has 0 aromatic heterocycles. The minimum absolute atomic E-state index is 0.528. The third kappa shape index (κ3) is 5.62. The number of rotatable bonds is 7. The molecule has 1 nitrogen and oxygen atoms in total. The second kappa shape index (κ2) is 14.2. The van der Waals surface area contributed by atoms with Crippen LogP contribution in [-0.2, 0) is 5.41 Å². The van der Waals surface area contributed by atoms with E-state index in [4.69, 9.17) is 0 Å². The lowest BCUT2D eigenvalue weighted by Gasteiger charge is -2.35. The van der Waals surface area contributed by atoms with Gasteiger partial charge in [-0.3, -0.25) is 0 Å². The minimum atomic E-state index is -0.528. The van der Waals surface area contributed by atoms with Gasteiger partial charge in [0, 0.05) is 22.3 Å². The van der Waals surface area contributed by atoms with Crippen molar-refractivity contribution in [3.05, 3.63) is 258 Å². The lowest BCUT2D eigenvalue weighted by molar-refractivity contribution is 0.769. The third-order valence-corrected chi connectivity index (χ3v) is 12.3. The fourth-order valence-corrected chi connectivity index (χ4v) is 9.77. The standard InChI is InChI=1S/C58H41N/c1-40-18-17-28-49(36-40)59(48-34-32-42(33-35-48)53-38-44-22-12-11-21-43(44)37-52(53)41-19-5-2-6-20-41)57-50-29-14-13-23-45(50)39-55-56(57)51-30-15-16-31-54(51)58(55,46-24-7-3-8-25-46)47-26-9-4-10-27-47/h2-39H,1H3. The summed E-state index contributed by atoms with van der Waals surface area (Å²) < 4.78 is 0. The molecule has 0 atom stereocenters. The lowest BCUT2D eigenvalue weighted by atomic mass is 9.67. The number of anilines is 3. The van der Waals surface area contributed by atoms with Crippen LogP contribution >= 0.6 is 0 Å². The Morgan fingerprint density at radius 3 is 1.54 bits per heavy atom. The molecule has 10 aromatic rings. The van der Waals surface area contributed by atoms with E-state index in [-0.39, 0.29) is 0 Å². The number of benzene rings is 10. The van der Waals surface area contributed by atoms with Crippen molar-refractivity contribution in [1.29, 1.82) is 0 Å². The molecule has 1 aliphatic carbocycles. The van der Waals surface area contributed by atoms with Crippen molar-refractivity contribution in [2.24, 2.45) is 0 Å². The van der Waals surface area contributed by atoms with Crippen LogP contribution in [0.2, 0.25) is 0 Å². The summed E-state index contributed by atoms with van der Waals surface area (Å²) in [6, 6.07) is 85.1. The van der Waals surface area contributed by atoms with Crippen molar-refractivity contribution in [2.75, 3.05) is 4.90 Å². The first-order valence-corrected chi connectivity index (χ1v) is 20.5. The lowest BCUT2D eigenvalue weighted by Crippen LogP contribution is -2.28. The summed E-state index contributed by atoms with van der Waals surface area (Å²) in [6.07, 6.45) is 0. The van der Waals surface area contributed by atoms with Gasteiger partial charge in [0.25, 0.3) is 0 Å². The summed E-state index contributed by atoms with van der Waals surface area (Å²) in [7, 11) is 0. The highest BCUT2D eigenvalue weighted by molar-refractivity contribution is 6.11. The van der Waals surface area contributed by atoms with Gasteiger partial charge in [0.2, 0.25) is 0 Å². The molecule has 0 bridgehead atoms. The second-order valence-electron chi connectivity index (χ2n) is 15.7. The van der Waals surface area contributed by atoms with Gasteiger partial charge in [0.05, 0.1) is 11.1 Å². The van der Waals surface area contributed by atoms with Gasteiger partial charge in [-0.15, -0.1) is 0 Å². The van der Waals surface area contributed by atoms with E-state index >= 15 is 0 Å². The molecule has 0 heterocycles. The zero-order valence-corrected chi connectivity index (χ0v) is 32.9. The first-order chi connectivity index (χ1) is 29.2. The molecule has 278 valence electrons. The van der Waals surface area contributed by atoms with Crippen LogP contribution in [0.5, 0.6) is 0 Å². The Hall–Kier alpha value is -7.48. The summed E-state index contributed by atoms with van der Waals surface area (Å²) in [5, 5.41) is 4.90. The molecule has 10 aromatic carbocycles. The number of nitrogens with zero attached hydrogens (tertiary/aromatic N) is 1. The predicted octanol–water partition coefficient (Wildman–Crippen LogP) is 15.5. The Morgan fingerprint density at radius 2 is 0.898 bits per heavy atom. The maximum Gasteiger partial charge on any atom is 0.0714 e. The Bertz CT molecular complexity index is 3110. The summed E-state index contributed by atoms with van der Waals surface area (Å²) in [5.41, 5.74) is 16.6. The van der Waals surface area contributed by atoms with Gasteiger partial charge in [-0.25, -0.2) is 0 Å². The van der Waals surface area contributed by atoms with Gasteiger partial charge >= 0.3 is 0 Å². The predicted molar refractivity (Wildman–Crippen MR) is 249 cm³/mol. The highest BCUT2D eigenvalue weighted by Gasteiger charge is 2.48. The Balaban J connectivity index is 1.20. The van der Waals surface area contributed by atoms with Crippen molar-refractivity contribution in [1.82, 2.24) is 0 Å². The highest BCUT2D eigenvalue weighted by Crippen LogP contribution is 2.61. The molecule has 0 saturated heterocycles. The Kier molecular flexibility index (Phi) is 8.34. The fourth-order valence-electron chi connectivity index (χ4n) is 9.77. The van der Waals surface area contributed by atoms with Gasteiger partial charge in [-0.2, -0.15) is 0 Å².